The number of hydrogen-bond donors (Lipinski definition) is 1. The SMILES string of the molecule is COc1cc(-c2nc(=S)c(Br)c(C)[nH]2)ncn1. The monoisotopic (exact) mass is 312 g/mol. The van der Waals surface area contributed by atoms with Crippen LogP contribution in [0, 0.1) is 11.6 Å². The van der Waals surface area contributed by atoms with E-state index in [-0.39, 0.29) is 0 Å². The molecule has 2 rings (SSSR count). The van der Waals surface area contributed by atoms with Crippen molar-refractivity contribution in [2.45, 2.75) is 6.92 Å². The van der Waals surface area contributed by atoms with Gasteiger partial charge in [0.1, 0.15) is 16.7 Å². The molecule has 0 bridgehead atoms. The molecule has 0 unspecified atom stereocenters. The van der Waals surface area contributed by atoms with Crippen LogP contribution in [0.1, 0.15) is 5.69 Å². The van der Waals surface area contributed by atoms with E-state index in [4.69, 9.17) is 17.0 Å². The molecule has 0 aliphatic heterocycles. The maximum Gasteiger partial charge on any atom is 0.216 e. The highest BCUT2D eigenvalue weighted by molar-refractivity contribution is 9.10. The summed E-state index contributed by atoms with van der Waals surface area (Å²) in [7, 11) is 1.55. The summed E-state index contributed by atoms with van der Waals surface area (Å²) in [4.78, 5) is 15.4. The Bertz CT molecular complexity index is 613. The number of H-pyrrole nitrogens is 1. The van der Waals surface area contributed by atoms with Gasteiger partial charge in [0, 0.05) is 11.8 Å². The van der Waals surface area contributed by atoms with Gasteiger partial charge in [-0.1, -0.05) is 12.2 Å². The minimum absolute atomic E-state index is 0.483. The quantitative estimate of drug-likeness (QED) is 0.864. The van der Waals surface area contributed by atoms with Crippen LogP contribution in [0.4, 0.5) is 0 Å². The van der Waals surface area contributed by atoms with E-state index >= 15 is 0 Å². The molecule has 0 saturated carbocycles. The molecule has 0 radical (unpaired) electrons. The second kappa shape index (κ2) is 4.89. The molecule has 0 fully saturated rings. The molecule has 0 aliphatic rings. The van der Waals surface area contributed by atoms with Crippen LogP contribution in [0.15, 0.2) is 16.9 Å². The highest BCUT2D eigenvalue weighted by Crippen LogP contribution is 2.20. The van der Waals surface area contributed by atoms with Crippen molar-refractivity contribution in [2.24, 2.45) is 0 Å². The predicted molar refractivity (Wildman–Crippen MR) is 69.4 cm³/mol. The van der Waals surface area contributed by atoms with Crippen LogP contribution in [0.25, 0.3) is 11.5 Å². The largest absolute Gasteiger partial charge is 0.481 e. The summed E-state index contributed by atoms with van der Waals surface area (Å²) in [6.07, 6.45) is 1.42. The predicted octanol–water partition coefficient (Wildman–Crippen LogP) is 2.68. The second-order valence-electron chi connectivity index (χ2n) is 3.28. The van der Waals surface area contributed by atoms with Gasteiger partial charge in [-0.25, -0.2) is 15.0 Å². The first-order chi connectivity index (χ1) is 8.11. The first kappa shape index (κ1) is 12.1. The molecule has 2 aromatic heterocycles. The molecule has 17 heavy (non-hydrogen) atoms. The Morgan fingerprint density at radius 2 is 2.18 bits per heavy atom. The fraction of sp³-hybridized carbons (Fsp3) is 0.200. The lowest BCUT2D eigenvalue weighted by Gasteiger charge is -2.05. The third-order valence-electron chi connectivity index (χ3n) is 2.13. The summed E-state index contributed by atoms with van der Waals surface area (Å²) in [5.41, 5.74) is 1.54. The normalized spacial score (nSPS) is 10.3. The molecule has 88 valence electrons. The van der Waals surface area contributed by atoms with Crippen LogP contribution in [-0.2, 0) is 0 Å². The van der Waals surface area contributed by atoms with E-state index in [1.54, 1.807) is 13.2 Å². The van der Waals surface area contributed by atoms with Crippen LogP contribution in [0.2, 0.25) is 0 Å². The van der Waals surface area contributed by atoms with Gasteiger partial charge in [0.2, 0.25) is 5.88 Å². The average Bonchev–Trinajstić information content (AvgIpc) is 2.35. The summed E-state index contributed by atoms with van der Waals surface area (Å²) >= 11 is 8.50. The number of aromatic nitrogens is 4. The number of hydrogen-bond acceptors (Lipinski definition) is 5. The lowest BCUT2D eigenvalue weighted by Crippen LogP contribution is -1.97. The number of nitrogens with one attached hydrogen (secondary N) is 1. The van der Waals surface area contributed by atoms with Crippen molar-refractivity contribution >= 4 is 28.1 Å². The van der Waals surface area contributed by atoms with Gasteiger partial charge in [0.05, 0.1) is 11.6 Å². The molecular formula is C10H9BrN4OS. The number of aromatic amines is 1. The van der Waals surface area contributed by atoms with E-state index in [0.717, 1.165) is 10.2 Å². The summed E-state index contributed by atoms with van der Waals surface area (Å²) in [5.74, 6) is 1.08. The third kappa shape index (κ3) is 2.50. The number of aryl methyl sites for hydroxylation is 1. The van der Waals surface area contributed by atoms with Gasteiger partial charge in [0.25, 0.3) is 0 Å². The smallest absolute Gasteiger partial charge is 0.216 e. The van der Waals surface area contributed by atoms with Gasteiger partial charge < -0.3 is 9.72 Å². The molecule has 0 aliphatic carbocycles. The van der Waals surface area contributed by atoms with Crippen molar-refractivity contribution in [2.75, 3.05) is 7.11 Å². The molecule has 0 spiro atoms. The highest BCUT2D eigenvalue weighted by atomic mass is 79.9. The number of halogens is 1. The van der Waals surface area contributed by atoms with Gasteiger partial charge in [0.15, 0.2) is 5.82 Å². The van der Waals surface area contributed by atoms with Crippen molar-refractivity contribution < 1.29 is 4.74 Å². The zero-order valence-corrected chi connectivity index (χ0v) is 11.6. The van der Waals surface area contributed by atoms with Gasteiger partial charge in [-0.05, 0) is 22.9 Å². The molecule has 0 aromatic carbocycles. The minimum atomic E-state index is 0.483. The van der Waals surface area contributed by atoms with Gasteiger partial charge in [-0.3, -0.25) is 0 Å². The van der Waals surface area contributed by atoms with Crippen LogP contribution in [0.5, 0.6) is 5.88 Å². The van der Waals surface area contributed by atoms with Crippen molar-refractivity contribution in [3.05, 3.63) is 27.2 Å². The molecule has 5 nitrogen and oxygen atoms in total. The molecule has 0 amide bonds. The minimum Gasteiger partial charge on any atom is -0.481 e. The Morgan fingerprint density at radius 1 is 1.41 bits per heavy atom. The first-order valence-electron chi connectivity index (χ1n) is 4.74. The molecular weight excluding hydrogens is 304 g/mol. The van der Waals surface area contributed by atoms with E-state index in [2.05, 4.69) is 35.9 Å². The molecule has 2 heterocycles. The average molecular weight is 313 g/mol. The highest BCUT2D eigenvalue weighted by Gasteiger charge is 2.07. The zero-order chi connectivity index (χ0) is 12.4. The Labute approximate surface area is 111 Å². The van der Waals surface area contributed by atoms with E-state index < -0.39 is 0 Å². The van der Waals surface area contributed by atoms with E-state index in [1.165, 1.54) is 6.33 Å². The van der Waals surface area contributed by atoms with Gasteiger partial charge >= 0.3 is 0 Å². The Morgan fingerprint density at radius 3 is 2.82 bits per heavy atom. The van der Waals surface area contributed by atoms with Gasteiger partial charge in [-0.15, -0.1) is 0 Å². The summed E-state index contributed by atoms with van der Waals surface area (Å²) in [6, 6.07) is 1.70. The molecule has 0 atom stereocenters. The Balaban J connectivity index is 2.56. The fourth-order valence-electron chi connectivity index (χ4n) is 1.27. The molecule has 0 saturated heterocycles. The van der Waals surface area contributed by atoms with Crippen LogP contribution >= 0.6 is 28.1 Å². The van der Waals surface area contributed by atoms with Crippen LogP contribution in [0.3, 0.4) is 0 Å². The number of rotatable bonds is 2. The maximum absolute atomic E-state index is 5.14. The fourth-order valence-corrected chi connectivity index (χ4v) is 1.71. The molecule has 1 N–H and O–H groups in total. The van der Waals surface area contributed by atoms with Crippen molar-refractivity contribution in [3.63, 3.8) is 0 Å². The maximum atomic E-state index is 5.14. The zero-order valence-electron chi connectivity index (χ0n) is 9.19. The topological polar surface area (TPSA) is 63.7 Å². The van der Waals surface area contributed by atoms with Crippen LogP contribution < -0.4 is 4.74 Å². The van der Waals surface area contributed by atoms with Crippen molar-refractivity contribution in [3.8, 4) is 17.4 Å². The third-order valence-corrected chi connectivity index (χ3v) is 3.66. The lowest BCUT2D eigenvalue weighted by molar-refractivity contribution is 0.397. The van der Waals surface area contributed by atoms with E-state index in [1.807, 2.05) is 6.92 Å². The molecule has 7 heteroatoms. The standard InChI is InChI=1S/C10H9BrN4OS/c1-5-8(11)10(17)15-9(14-5)6-3-7(16-2)13-4-12-6/h3-4H,1-2H3,(H,14,15,17). The number of methoxy groups -OCH3 is 1. The van der Waals surface area contributed by atoms with E-state index in [9.17, 15) is 0 Å². The summed E-state index contributed by atoms with van der Waals surface area (Å²) in [6.45, 7) is 1.91. The molecule has 2 aromatic rings. The van der Waals surface area contributed by atoms with Crippen molar-refractivity contribution in [1.29, 1.82) is 0 Å². The van der Waals surface area contributed by atoms with E-state index in [0.29, 0.717) is 22.0 Å². The summed E-state index contributed by atoms with van der Waals surface area (Å²) < 4.78 is 6.32. The number of nitrogens with zero attached hydrogens (tertiary/aromatic N) is 3. The summed E-state index contributed by atoms with van der Waals surface area (Å²) in [5, 5.41) is 0. The number of ether oxygens (including phenoxy) is 1. The Hall–Kier alpha value is -1.34. The first-order valence-corrected chi connectivity index (χ1v) is 5.94. The second-order valence-corrected chi connectivity index (χ2v) is 4.45. The lowest BCUT2D eigenvalue weighted by atomic mass is 10.3. The van der Waals surface area contributed by atoms with Gasteiger partial charge in [-0.2, -0.15) is 0 Å². The van der Waals surface area contributed by atoms with Crippen molar-refractivity contribution in [1.82, 2.24) is 19.9 Å². The Kier molecular flexibility index (Phi) is 3.49. The van der Waals surface area contributed by atoms with Crippen LogP contribution in [-0.4, -0.2) is 27.0 Å².